The van der Waals surface area contributed by atoms with E-state index in [1.165, 1.54) is 0 Å². The molecule has 1 rings (SSSR count). The van der Waals surface area contributed by atoms with E-state index in [1.54, 1.807) is 0 Å². The summed E-state index contributed by atoms with van der Waals surface area (Å²) in [6.45, 7) is 6.98. The van der Waals surface area contributed by atoms with Gasteiger partial charge in [-0.2, -0.15) is 0 Å². The quantitative estimate of drug-likeness (QED) is 0.647. The van der Waals surface area contributed by atoms with E-state index in [4.69, 9.17) is 9.84 Å². The molecule has 2 atom stereocenters. The summed E-state index contributed by atoms with van der Waals surface area (Å²) in [5.74, 6) is 1.22. The van der Waals surface area contributed by atoms with E-state index < -0.39 is 6.10 Å². The topological polar surface area (TPSA) is 61.7 Å². The van der Waals surface area contributed by atoms with Gasteiger partial charge < -0.3 is 20.3 Å². The van der Waals surface area contributed by atoms with Crippen molar-refractivity contribution in [2.45, 2.75) is 45.3 Å². The second kappa shape index (κ2) is 8.95. The molecule has 0 amide bonds. The number of hydrogen-bond acceptors (Lipinski definition) is 4. The highest BCUT2D eigenvalue weighted by molar-refractivity contribution is 5.35. The lowest BCUT2D eigenvalue weighted by Gasteiger charge is -2.19. The smallest absolute Gasteiger partial charge is 0.122 e. The molecule has 1 aromatic rings. The Labute approximate surface area is 121 Å². The molecule has 0 aliphatic carbocycles. The van der Waals surface area contributed by atoms with Gasteiger partial charge in [0.2, 0.25) is 0 Å². The Morgan fingerprint density at radius 1 is 1.25 bits per heavy atom. The fourth-order valence-corrected chi connectivity index (χ4v) is 1.97. The molecule has 0 aromatic heterocycles. The van der Waals surface area contributed by atoms with Gasteiger partial charge in [-0.25, -0.2) is 0 Å². The van der Waals surface area contributed by atoms with Crippen LogP contribution in [-0.2, 0) is 0 Å². The summed E-state index contributed by atoms with van der Waals surface area (Å²) < 4.78 is 5.71. The fraction of sp³-hybridized carbons (Fsp3) is 0.625. The standard InChI is InChI=1S/C16H27NO3/c1-4-13(10-18)17-9-14(19)11-20-16-8-6-5-7-15(16)12(2)3/h5-8,12-14,17-19H,4,9-11H2,1-3H3/t13-,14+/m1/s1. The van der Waals surface area contributed by atoms with Crippen LogP contribution in [0.15, 0.2) is 24.3 Å². The van der Waals surface area contributed by atoms with Gasteiger partial charge in [0.1, 0.15) is 18.5 Å². The molecule has 0 fully saturated rings. The monoisotopic (exact) mass is 281 g/mol. The van der Waals surface area contributed by atoms with E-state index >= 15 is 0 Å². The molecule has 4 nitrogen and oxygen atoms in total. The molecule has 1 aromatic carbocycles. The molecule has 0 unspecified atom stereocenters. The molecule has 0 heterocycles. The van der Waals surface area contributed by atoms with Crippen LogP contribution >= 0.6 is 0 Å². The largest absolute Gasteiger partial charge is 0.491 e. The summed E-state index contributed by atoms with van der Waals surface area (Å²) >= 11 is 0. The number of nitrogens with one attached hydrogen (secondary N) is 1. The molecular formula is C16H27NO3. The molecule has 114 valence electrons. The third-order valence-corrected chi connectivity index (χ3v) is 3.33. The van der Waals surface area contributed by atoms with Gasteiger partial charge in [0.25, 0.3) is 0 Å². The van der Waals surface area contributed by atoms with Gasteiger partial charge in [-0.05, 0) is 24.0 Å². The Balaban J connectivity index is 2.43. The first-order chi connectivity index (χ1) is 9.58. The second-order valence-corrected chi connectivity index (χ2v) is 5.35. The number of ether oxygens (including phenoxy) is 1. The van der Waals surface area contributed by atoms with Gasteiger partial charge >= 0.3 is 0 Å². The minimum Gasteiger partial charge on any atom is -0.491 e. The van der Waals surface area contributed by atoms with Crippen molar-refractivity contribution >= 4 is 0 Å². The van der Waals surface area contributed by atoms with Crippen molar-refractivity contribution in [1.29, 1.82) is 0 Å². The van der Waals surface area contributed by atoms with Gasteiger partial charge in [0.15, 0.2) is 0 Å². The van der Waals surface area contributed by atoms with E-state index in [0.717, 1.165) is 17.7 Å². The highest BCUT2D eigenvalue weighted by Gasteiger charge is 2.11. The minimum atomic E-state index is -0.587. The average Bonchev–Trinajstić information content (AvgIpc) is 2.46. The zero-order chi connectivity index (χ0) is 15.0. The maximum absolute atomic E-state index is 9.91. The second-order valence-electron chi connectivity index (χ2n) is 5.35. The Morgan fingerprint density at radius 3 is 2.55 bits per heavy atom. The van der Waals surface area contributed by atoms with Crippen LogP contribution in [0.3, 0.4) is 0 Å². The number of rotatable bonds is 9. The van der Waals surface area contributed by atoms with Gasteiger partial charge in [-0.1, -0.05) is 39.0 Å². The SMILES string of the molecule is CC[C@H](CO)NC[C@H](O)COc1ccccc1C(C)C. The Kier molecular flexibility index (Phi) is 7.59. The maximum Gasteiger partial charge on any atom is 0.122 e. The van der Waals surface area contributed by atoms with E-state index in [2.05, 4.69) is 19.2 Å². The molecule has 0 saturated heterocycles. The van der Waals surface area contributed by atoms with Gasteiger partial charge in [0, 0.05) is 12.6 Å². The summed E-state index contributed by atoms with van der Waals surface area (Å²) in [7, 11) is 0. The number of aliphatic hydroxyl groups is 2. The zero-order valence-corrected chi connectivity index (χ0v) is 12.7. The van der Waals surface area contributed by atoms with E-state index in [-0.39, 0.29) is 19.3 Å². The van der Waals surface area contributed by atoms with Crippen molar-refractivity contribution in [3.63, 3.8) is 0 Å². The summed E-state index contributed by atoms with van der Waals surface area (Å²) in [6.07, 6.45) is 0.246. The van der Waals surface area contributed by atoms with Crippen molar-refractivity contribution in [2.75, 3.05) is 19.8 Å². The van der Waals surface area contributed by atoms with E-state index in [9.17, 15) is 5.11 Å². The lowest BCUT2D eigenvalue weighted by molar-refractivity contribution is 0.0989. The summed E-state index contributed by atoms with van der Waals surface area (Å²) in [6, 6.07) is 7.94. The summed E-state index contributed by atoms with van der Waals surface area (Å²) in [5.41, 5.74) is 1.15. The molecule has 0 aliphatic rings. The van der Waals surface area contributed by atoms with Crippen LogP contribution in [-0.4, -0.2) is 42.1 Å². The number of benzene rings is 1. The first-order valence-electron chi connectivity index (χ1n) is 7.32. The number of para-hydroxylation sites is 1. The molecule has 3 N–H and O–H groups in total. The average molecular weight is 281 g/mol. The van der Waals surface area contributed by atoms with Crippen LogP contribution < -0.4 is 10.1 Å². The Bertz CT molecular complexity index is 378. The zero-order valence-electron chi connectivity index (χ0n) is 12.7. The lowest BCUT2D eigenvalue weighted by atomic mass is 10.0. The highest BCUT2D eigenvalue weighted by atomic mass is 16.5. The number of aliphatic hydroxyl groups excluding tert-OH is 2. The maximum atomic E-state index is 9.91. The molecule has 0 aliphatic heterocycles. The predicted molar refractivity (Wildman–Crippen MR) is 81.2 cm³/mol. The third-order valence-electron chi connectivity index (χ3n) is 3.33. The molecular weight excluding hydrogens is 254 g/mol. The molecule has 20 heavy (non-hydrogen) atoms. The molecule has 0 saturated carbocycles. The van der Waals surface area contributed by atoms with Crippen molar-refractivity contribution in [1.82, 2.24) is 5.32 Å². The first-order valence-corrected chi connectivity index (χ1v) is 7.32. The third kappa shape index (κ3) is 5.49. The van der Waals surface area contributed by atoms with E-state index in [1.807, 2.05) is 31.2 Å². The highest BCUT2D eigenvalue weighted by Crippen LogP contribution is 2.25. The molecule has 4 heteroatoms. The molecule has 0 radical (unpaired) electrons. The van der Waals surface area contributed by atoms with Crippen LogP contribution in [0, 0.1) is 0 Å². The molecule has 0 spiro atoms. The normalized spacial score (nSPS) is 14.3. The Morgan fingerprint density at radius 2 is 1.95 bits per heavy atom. The van der Waals surface area contributed by atoms with Gasteiger partial charge in [-0.3, -0.25) is 0 Å². The number of hydrogen-bond donors (Lipinski definition) is 3. The van der Waals surface area contributed by atoms with Crippen molar-refractivity contribution in [2.24, 2.45) is 0 Å². The van der Waals surface area contributed by atoms with E-state index in [0.29, 0.717) is 12.5 Å². The lowest BCUT2D eigenvalue weighted by Crippen LogP contribution is -2.39. The summed E-state index contributed by atoms with van der Waals surface area (Å²) in [4.78, 5) is 0. The summed E-state index contributed by atoms with van der Waals surface area (Å²) in [5, 5.41) is 22.1. The van der Waals surface area contributed by atoms with Crippen LogP contribution in [0.2, 0.25) is 0 Å². The van der Waals surface area contributed by atoms with Crippen LogP contribution in [0.5, 0.6) is 5.75 Å². The fourth-order valence-electron chi connectivity index (χ4n) is 1.97. The van der Waals surface area contributed by atoms with Gasteiger partial charge in [0.05, 0.1) is 6.61 Å². The predicted octanol–water partition coefficient (Wildman–Crippen LogP) is 1.91. The first kappa shape index (κ1) is 17.0. The molecule has 0 bridgehead atoms. The minimum absolute atomic E-state index is 0.0348. The van der Waals surface area contributed by atoms with Crippen LogP contribution in [0.25, 0.3) is 0 Å². The van der Waals surface area contributed by atoms with Gasteiger partial charge in [-0.15, -0.1) is 0 Å². The van der Waals surface area contributed by atoms with Crippen molar-refractivity contribution < 1.29 is 14.9 Å². The van der Waals surface area contributed by atoms with Crippen LogP contribution in [0.1, 0.15) is 38.7 Å². The van der Waals surface area contributed by atoms with Crippen molar-refractivity contribution in [3.05, 3.63) is 29.8 Å². The van der Waals surface area contributed by atoms with Crippen molar-refractivity contribution in [3.8, 4) is 5.75 Å². The Hall–Kier alpha value is -1.10. The van der Waals surface area contributed by atoms with Crippen LogP contribution in [0.4, 0.5) is 0 Å².